The van der Waals surface area contributed by atoms with Gasteiger partial charge in [0, 0.05) is 44.0 Å². The van der Waals surface area contributed by atoms with Gasteiger partial charge in [0.1, 0.15) is 5.60 Å². The fourth-order valence-corrected chi connectivity index (χ4v) is 5.47. The van der Waals surface area contributed by atoms with Gasteiger partial charge in [0.05, 0.1) is 5.57 Å². The van der Waals surface area contributed by atoms with Crippen LogP contribution in [-0.2, 0) is 14.3 Å². The Morgan fingerprint density at radius 3 is 2.50 bits per heavy atom. The Morgan fingerprint density at radius 1 is 1.06 bits per heavy atom. The predicted molar refractivity (Wildman–Crippen MR) is 127 cm³/mol. The molecule has 0 unspecified atom stereocenters. The second kappa shape index (κ2) is 9.65. The van der Waals surface area contributed by atoms with Crippen molar-refractivity contribution in [1.29, 1.82) is 0 Å². The molecule has 2 fully saturated rings. The van der Waals surface area contributed by atoms with E-state index in [0.717, 1.165) is 71.2 Å². The van der Waals surface area contributed by atoms with E-state index in [-0.39, 0.29) is 11.9 Å². The van der Waals surface area contributed by atoms with Gasteiger partial charge in [-0.25, -0.2) is 4.79 Å². The average Bonchev–Trinajstić information content (AvgIpc) is 3.02. The summed E-state index contributed by atoms with van der Waals surface area (Å²) in [5, 5.41) is 3.07. The Hall–Kier alpha value is -2.34. The van der Waals surface area contributed by atoms with Gasteiger partial charge in [0.15, 0.2) is 0 Å². The first kappa shape index (κ1) is 22.8. The van der Waals surface area contributed by atoms with Gasteiger partial charge in [0.25, 0.3) is 5.91 Å². The number of rotatable bonds is 6. The molecule has 1 aromatic carbocycles. The number of amides is 1. The van der Waals surface area contributed by atoms with Gasteiger partial charge in [0.2, 0.25) is 0 Å². The molecule has 0 radical (unpaired) electrons. The first-order valence-electron chi connectivity index (χ1n) is 12.2. The molecule has 3 aliphatic rings. The first-order valence-corrected chi connectivity index (χ1v) is 12.2. The normalized spacial score (nSPS) is 21.2. The standard InChI is InChI=1S/C26H37N3O3/c1-19-8-9-20(2)22(18-19)29-16-14-28(15-17-29)13-7-12-27-24(30)23-21(3)25(31)32-26(23)10-5-4-6-11-26/h8-9,18H,4-7,10-17H2,1-3H3,(H,27,30). The van der Waals surface area contributed by atoms with Crippen LogP contribution in [0.3, 0.4) is 0 Å². The number of piperazine rings is 1. The smallest absolute Gasteiger partial charge is 0.335 e. The minimum atomic E-state index is -0.673. The first-order chi connectivity index (χ1) is 15.4. The highest BCUT2D eigenvalue weighted by molar-refractivity contribution is 6.07. The van der Waals surface area contributed by atoms with Gasteiger partial charge in [-0.2, -0.15) is 0 Å². The third kappa shape index (κ3) is 4.70. The molecule has 2 aliphatic heterocycles. The van der Waals surface area contributed by atoms with E-state index in [0.29, 0.717) is 17.7 Å². The van der Waals surface area contributed by atoms with Gasteiger partial charge in [-0.3, -0.25) is 9.69 Å². The van der Waals surface area contributed by atoms with Crippen LogP contribution in [0.1, 0.15) is 56.6 Å². The van der Waals surface area contributed by atoms with Crippen molar-refractivity contribution in [2.75, 3.05) is 44.2 Å². The molecule has 6 nitrogen and oxygen atoms in total. The minimum Gasteiger partial charge on any atom is -0.451 e. The van der Waals surface area contributed by atoms with Crippen LogP contribution < -0.4 is 10.2 Å². The number of hydrogen-bond donors (Lipinski definition) is 1. The number of nitrogens with zero attached hydrogens (tertiary/aromatic N) is 2. The Labute approximate surface area is 192 Å². The molecular formula is C26H37N3O3. The molecule has 1 aromatic rings. The van der Waals surface area contributed by atoms with Crippen LogP contribution in [0.5, 0.6) is 0 Å². The zero-order valence-electron chi connectivity index (χ0n) is 19.8. The molecule has 1 amide bonds. The maximum absolute atomic E-state index is 13.0. The zero-order valence-corrected chi connectivity index (χ0v) is 19.8. The van der Waals surface area contributed by atoms with Crippen molar-refractivity contribution >= 4 is 17.6 Å². The van der Waals surface area contributed by atoms with Gasteiger partial charge in [-0.1, -0.05) is 18.6 Å². The fraction of sp³-hybridized carbons (Fsp3) is 0.615. The van der Waals surface area contributed by atoms with Crippen LogP contribution >= 0.6 is 0 Å². The number of ether oxygens (including phenoxy) is 1. The molecule has 0 aromatic heterocycles. The van der Waals surface area contributed by atoms with Crippen LogP contribution in [0.2, 0.25) is 0 Å². The highest BCUT2D eigenvalue weighted by atomic mass is 16.6. The molecular weight excluding hydrogens is 402 g/mol. The molecule has 0 bridgehead atoms. The molecule has 32 heavy (non-hydrogen) atoms. The van der Waals surface area contributed by atoms with Crippen molar-refractivity contribution in [3.63, 3.8) is 0 Å². The second-order valence-electron chi connectivity index (χ2n) is 9.67. The van der Waals surface area contributed by atoms with E-state index in [1.165, 1.54) is 16.8 Å². The fourth-order valence-electron chi connectivity index (χ4n) is 5.47. The number of carbonyl (C=O) groups excluding carboxylic acids is 2. The Bertz CT molecular complexity index is 894. The largest absolute Gasteiger partial charge is 0.451 e. The van der Waals surface area contributed by atoms with Crippen molar-refractivity contribution in [2.45, 2.75) is 64.9 Å². The van der Waals surface area contributed by atoms with Gasteiger partial charge >= 0.3 is 5.97 Å². The van der Waals surface area contributed by atoms with E-state index in [4.69, 9.17) is 4.74 Å². The summed E-state index contributed by atoms with van der Waals surface area (Å²) >= 11 is 0. The van der Waals surface area contributed by atoms with Crippen molar-refractivity contribution in [1.82, 2.24) is 10.2 Å². The molecule has 174 valence electrons. The summed E-state index contributed by atoms with van der Waals surface area (Å²) in [5.74, 6) is -0.436. The Morgan fingerprint density at radius 2 is 1.78 bits per heavy atom. The van der Waals surface area contributed by atoms with E-state index in [1.807, 2.05) is 0 Å². The molecule has 0 atom stereocenters. The molecule has 4 rings (SSSR count). The lowest BCUT2D eigenvalue weighted by molar-refractivity contribution is -0.149. The third-order valence-corrected chi connectivity index (χ3v) is 7.33. The maximum atomic E-state index is 13.0. The third-order valence-electron chi connectivity index (χ3n) is 7.33. The molecule has 1 aliphatic carbocycles. The van der Waals surface area contributed by atoms with Crippen molar-refractivity contribution < 1.29 is 14.3 Å². The monoisotopic (exact) mass is 439 g/mol. The summed E-state index contributed by atoms with van der Waals surface area (Å²) in [6.45, 7) is 11.8. The van der Waals surface area contributed by atoms with Gasteiger partial charge in [-0.15, -0.1) is 0 Å². The van der Waals surface area contributed by atoms with Crippen LogP contribution in [0.25, 0.3) is 0 Å². The lowest BCUT2D eigenvalue weighted by Gasteiger charge is -2.37. The molecule has 1 N–H and O–H groups in total. The van der Waals surface area contributed by atoms with E-state index in [9.17, 15) is 9.59 Å². The van der Waals surface area contributed by atoms with E-state index in [2.05, 4.69) is 47.2 Å². The highest BCUT2D eigenvalue weighted by Crippen LogP contribution is 2.43. The van der Waals surface area contributed by atoms with Crippen molar-refractivity contribution in [2.24, 2.45) is 0 Å². The summed E-state index contributed by atoms with van der Waals surface area (Å²) in [4.78, 5) is 30.1. The summed E-state index contributed by atoms with van der Waals surface area (Å²) in [7, 11) is 0. The van der Waals surface area contributed by atoms with E-state index in [1.54, 1.807) is 6.92 Å². The van der Waals surface area contributed by atoms with E-state index < -0.39 is 5.60 Å². The molecule has 1 spiro atoms. The number of nitrogens with one attached hydrogen (secondary N) is 1. The molecule has 6 heteroatoms. The minimum absolute atomic E-state index is 0.116. The number of carbonyl (C=O) groups is 2. The zero-order chi connectivity index (χ0) is 22.7. The maximum Gasteiger partial charge on any atom is 0.335 e. The van der Waals surface area contributed by atoms with Crippen LogP contribution in [0, 0.1) is 13.8 Å². The molecule has 2 heterocycles. The van der Waals surface area contributed by atoms with E-state index >= 15 is 0 Å². The number of esters is 1. The summed E-state index contributed by atoms with van der Waals surface area (Å²) in [6.07, 6.45) is 5.59. The average molecular weight is 440 g/mol. The predicted octanol–water partition coefficient (Wildman–Crippen LogP) is 3.51. The topological polar surface area (TPSA) is 61.9 Å². The number of hydrogen-bond acceptors (Lipinski definition) is 5. The SMILES string of the molecule is CC1=C(C(=O)NCCCN2CCN(c3cc(C)ccc3C)CC2)C2(CCCCC2)OC1=O. The Kier molecular flexibility index (Phi) is 6.89. The summed E-state index contributed by atoms with van der Waals surface area (Å²) in [6, 6.07) is 6.66. The number of anilines is 1. The molecule has 1 saturated carbocycles. The quantitative estimate of drug-likeness (QED) is 0.543. The van der Waals surface area contributed by atoms with Crippen LogP contribution in [0.15, 0.2) is 29.3 Å². The Balaban J connectivity index is 1.23. The van der Waals surface area contributed by atoms with Gasteiger partial charge < -0.3 is 15.0 Å². The number of aryl methyl sites for hydroxylation is 2. The van der Waals surface area contributed by atoms with Crippen LogP contribution in [-0.4, -0.2) is 61.6 Å². The lowest BCUT2D eigenvalue weighted by atomic mass is 9.78. The molecule has 1 saturated heterocycles. The highest BCUT2D eigenvalue weighted by Gasteiger charge is 2.49. The summed E-state index contributed by atoms with van der Waals surface area (Å²) in [5.41, 5.74) is 4.40. The van der Waals surface area contributed by atoms with Crippen LogP contribution in [0.4, 0.5) is 5.69 Å². The second-order valence-corrected chi connectivity index (χ2v) is 9.67. The number of benzene rings is 1. The van der Waals surface area contributed by atoms with Gasteiger partial charge in [-0.05, 0) is 76.6 Å². The van der Waals surface area contributed by atoms with Crippen molar-refractivity contribution in [3.05, 3.63) is 40.5 Å². The van der Waals surface area contributed by atoms with Crippen molar-refractivity contribution in [3.8, 4) is 0 Å². The lowest BCUT2D eigenvalue weighted by Crippen LogP contribution is -2.47. The summed E-state index contributed by atoms with van der Waals surface area (Å²) < 4.78 is 5.71.